The lowest BCUT2D eigenvalue weighted by Gasteiger charge is -2.12. The van der Waals surface area contributed by atoms with Crippen molar-refractivity contribution in [3.05, 3.63) is 84.3 Å². The Morgan fingerprint density at radius 3 is 2.58 bits per heavy atom. The maximum atomic E-state index is 12.2. The summed E-state index contributed by atoms with van der Waals surface area (Å²) in [4.78, 5) is 12.2. The van der Waals surface area contributed by atoms with Crippen LogP contribution in [0.25, 0.3) is 22.3 Å². The lowest BCUT2D eigenvalue weighted by molar-refractivity contribution is 0.0891. The number of furan rings is 2. The average Bonchev–Trinajstić information content (AvgIpc) is 3.35. The number of hydrogen-bond acceptors (Lipinski definition) is 4. The minimum atomic E-state index is -0.811. The Morgan fingerprint density at radius 1 is 1.04 bits per heavy atom. The van der Waals surface area contributed by atoms with Crippen molar-refractivity contribution in [2.24, 2.45) is 0 Å². The van der Waals surface area contributed by atoms with Crippen LogP contribution in [0.3, 0.4) is 0 Å². The van der Waals surface area contributed by atoms with E-state index in [1.807, 2.05) is 60.7 Å². The van der Waals surface area contributed by atoms with Gasteiger partial charge in [-0.25, -0.2) is 0 Å². The first-order valence-electron chi connectivity index (χ1n) is 8.29. The maximum Gasteiger partial charge on any atom is 0.287 e. The molecule has 0 aliphatic heterocycles. The lowest BCUT2D eigenvalue weighted by Crippen LogP contribution is -2.28. The van der Waals surface area contributed by atoms with Crippen molar-refractivity contribution in [2.45, 2.75) is 6.10 Å². The van der Waals surface area contributed by atoms with Crippen molar-refractivity contribution >= 4 is 16.9 Å². The lowest BCUT2D eigenvalue weighted by atomic mass is 10.1. The minimum Gasteiger partial charge on any atom is -0.464 e. The SMILES string of the molecule is O=C(NC[C@@H](O)c1ccc(-c2ccco2)cc1)c1cc2ccccc2o1. The molecule has 2 heterocycles. The predicted octanol–water partition coefficient (Wildman–Crippen LogP) is 4.16. The third kappa shape index (κ3) is 3.25. The van der Waals surface area contributed by atoms with Crippen LogP contribution in [0.2, 0.25) is 0 Å². The first kappa shape index (κ1) is 16.2. The fourth-order valence-corrected chi connectivity index (χ4v) is 2.80. The van der Waals surface area contributed by atoms with E-state index in [2.05, 4.69) is 5.32 Å². The first-order valence-corrected chi connectivity index (χ1v) is 8.29. The van der Waals surface area contributed by atoms with Gasteiger partial charge in [0.2, 0.25) is 0 Å². The highest BCUT2D eigenvalue weighted by Gasteiger charge is 2.15. The number of carbonyl (C=O) groups is 1. The molecule has 2 N–H and O–H groups in total. The summed E-state index contributed by atoms with van der Waals surface area (Å²) in [6.45, 7) is 0.0932. The van der Waals surface area contributed by atoms with Gasteiger partial charge < -0.3 is 19.3 Å². The third-order valence-electron chi connectivity index (χ3n) is 4.21. The maximum absolute atomic E-state index is 12.2. The van der Waals surface area contributed by atoms with Gasteiger partial charge >= 0.3 is 0 Å². The summed E-state index contributed by atoms with van der Waals surface area (Å²) >= 11 is 0. The highest BCUT2D eigenvalue weighted by Crippen LogP contribution is 2.22. The quantitative estimate of drug-likeness (QED) is 0.568. The molecule has 0 radical (unpaired) electrons. The van der Waals surface area contributed by atoms with Crippen LogP contribution in [0.1, 0.15) is 22.2 Å². The molecule has 5 heteroatoms. The van der Waals surface area contributed by atoms with E-state index in [1.165, 1.54) is 0 Å². The Hall–Kier alpha value is -3.31. The predicted molar refractivity (Wildman–Crippen MR) is 97.7 cm³/mol. The van der Waals surface area contributed by atoms with E-state index in [4.69, 9.17) is 8.83 Å². The summed E-state index contributed by atoms with van der Waals surface area (Å²) in [6, 6.07) is 20.2. The van der Waals surface area contributed by atoms with Gasteiger partial charge in [-0.15, -0.1) is 0 Å². The second-order valence-electron chi connectivity index (χ2n) is 5.97. The first-order chi connectivity index (χ1) is 12.7. The molecule has 4 aromatic rings. The molecule has 2 aromatic heterocycles. The molecule has 0 bridgehead atoms. The number of aliphatic hydroxyl groups excluding tert-OH is 1. The van der Waals surface area contributed by atoms with Crippen LogP contribution in [-0.4, -0.2) is 17.6 Å². The summed E-state index contributed by atoms with van der Waals surface area (Å²) in [7, 11) is 0. The molecule has 0 fully saturated rings. The third-order valence-corrected chi connectivity index (χ3v) is 4.21. The van der Waals surface area contributed by atoms with Crippen molar-refractivity contribution < 1.29 is 18.7 Å². The molecular weight excluding hydrogens is 330 g/mol. The van der Waals surface area contributed by atoms with Crippen LogP contribution >= 0.6 is 0 Å². The number of benzene rings is 2. The van der Waals surface area contributed by atoms with Gasteiger partial charge in [0, 0.05) is 17.5 Å². The van der Waals surface area contributed by atoms with Crippen LogP contribution in [0, 0.1) is 0 Å². The smallest absolute Gasteiger partial charge is 0.287 e. The number of nitrogens with one attached hydrogen (secondary N) is 1. The molecule has 1 atom stereocenters. The molecule has 0 saturated heterocycles. The zero-order valence-corrected chi connectivity index (χ0v) is 13.9. The van der Waals surface area contributed by atoms with Gasteiger partial charge in [-0.2, -0.15) is 0 Å². The normalized spacial score (nSPS) is 12.2. The van der Waals surface area contributed by atoms with Crippen molar-refractivity contribution in [3.63, 3.8) is 0 Å². The Labute approximate surface area is 149 Å². The van der Waals surface area contributed by atoms with Crippen LogP contribution in [0.15, 0.2) is 81.8 Å². The van der Waals surface area contributed by atoms with E-state index < -0.39 is 6.10 Å². The van der Waals surface area contributed by atoms with Crippen LogP contribution in [-0.2, 0) is 0 Å². The van der Waals surface area contributed by atoms with Crippen LogP contribution in [0.4, 0.5) is 0 Å². The van der Waals surface area contributed by atoms with E-state index in [0.717, 1.165) is 16.7 Å². The number of rotatable bonds is 5. The molecule has 0 saturated carbocycles. The van der Waals surface area contributed by atoms with E-state index in [1.54, 1.807) is 12.3 Å². The second-order valence-corrected chi connectivity index (χ2v) is 5.97. The molecule has 130 valence electrons. The van der Waals surface area contributed by atoms with E-state index in [-0.39, 0.29) is 18.2 Å². The van der Waals surface area contributed by atoms with E-state index in [0.29, 0.717) is 11.1 Å². The number of amides is 1. The van der Waals surface area contributed by atoms with E-state index in [9.17, 15) is 9.90 Å². The Kier molecular flexibility index (Phi) is 4.29. The summed E-state index contributed by atoms with van der Waals surface area (Å²) in [6.07, 6.45) is 0.806. The fourth-order valence-electron chi connectivity index (χ4n) is 2.80. The topological polar surface area (TPSA) is 75.6 Å². The zero-order chi connectivity index (χ0) is 17.9. The largest absolute Gasteiger partial charge is 0.464 e. The summed E-state index contributed by atoms with van der Waals surface area (Å²) in [5, 5.41) is 13.9. The molecule has 4 rings (SSSR count). The molecular formula is C21H17NO4. The molecule has 0 aliphatic rings. The Balaban J connectivity index is 1.40. The van der Waals surface area contributed by atoms with Gasteiger partial charge in [0.25, 0.3) is 5.91 Å². The monoisotopic (exact) mass is 347 g/mol. The van der Waals surface area contributed by atoms with Crippen molar-refractivity contribution in [2.75, 3.05) is 6.54 Å². The number of hydrogen-bond donors (Lipinski definition) is 2. The van der Waals surface area contributed by atoms with Gasteiger partial charge in [-0.3, -0.25) is 4.79 Å². The number of aliphatic hydroxyl groups is 1. The van der Waals surface area contributed by atoms with Gasteiger partial charge in [0.05, 0.1) is 12.4 Å². The van der Waals surface area contributed by atoms with Crippen molar-refractivity contribution in [3.8, 4) is 11.3 Å². The number of para-hydroxylation sites is 1. The van der Waals surface area contributed by atoms with Crippen molar-refractivity contribution in [1.29, 1.82) is 0 Å². The minimum absolute atomic E-state index is 0.0932. The molecule has 0 spiro atoms. The highest BCUT2D eigenvalue weighted by molar-refractivity contribution is 5.96. The second kappa shape index (κ2) is 6.90. The molecule has 2 aromatic carbocycles. The molecule has 26 heavy (non-hydrogen) atoms. The molecule has 0 unspecified atom stereocenters. The average molecular weight is 347 g/mol. The highest BCUT2D eigenvalue weighted by atomic mass is 16.3. The van der Waals surface area contributed by atoms with E-state index >= 15 is 0 Å². The molecule has 0 aliphatic carbocycles. The van der Waals surface area contributed by atoms with Crippen molar-refractivity contribution in [1.82, 2.24) is 5.32 Å². The van der Waals surface area contributed by atoms with Gasteiger partial charge in [0.15, 0.2) is 5.76 Å². The fraction of sp³-hybridized carbons (Fsp3) is 0.0952. The molecule has 1 amide bonds. The standard InChI is InChI=1S/C21H17NO4/c23-17(14-7-9-15(10-8-14)18-6-3-11-25-18)13-22-21(24)20-12-16-4-1-2-5-19(16)26-20/h1-12,17,23H,13H2,(H,22,24)/t17-/m1/s1. The number of fused-ring (bicyclic) bond motifs is 1. The van der Waals surface area contributed by atoms with Gasteiger partial charge in [-0.1, -0.05) is 42.5 Å². The van der Waals surface area contributed by atoms with Crippen LogP contribution in [0.5, 0.6) is 0 Å². The summed E-state index contributed by atoms with van der Waals surface area (Å²) in [5.74, 6) is 0.642. The number of carbonyl (C=O) groups excluding carboxylic acids is 1. The molecule has 5 nitrogen and oxygen atoms in total. The Morgan fingerprint density at radius 2 is 1.85 bits per heavy atom. The van der Waals surface area contributed by atoms with Gasteiger partial charge in [-0.05, 0) is 29.8 Å². The van der Waals surface area contributed by atoms with Gasteiger partial charge in [0.1, 0.15) is 11.3 Å². The zero-order valence-electron chi connectivity index (χ0n) is 13.9. The van der Waals surface area contributed by atoms with Crippen LogP contribution < -0.4 is 5.32 Å². The summed E-state index contributed by atoms with van der Waals surface area (Å²) < 4.78 is 10.9. The Bertz CT molecular complexity index is 983. The summed E-state index contributed by atoms with van der Waals surface area (Å²) in [5.41, 5.74) is 2.30.